The van der Waals surface area contributed by atoms with Crippen molar-refractivity contribution in [2.45, 2.75) is 13.3 Å². The number of allylic oxidation sites excluding steroid dienone is 1. The molecule has 0 bridgehead atoms. The molecule has 0 atom stereocenters. The van der Waals surface area contributed by atoms with Gasteiger partial charge in [-0.15, -0.1) is 0 Å². The first-order valence-electron chi connectivity index (χ1n) is 2.00. The van der Waals surface area contributed by atoms with Crippen molar-refractivity contribution in [1.82, 2.24) is 0 Å². The SMILES string of the molecule is C/C(=C\Cl)CC=O. The largest absolute Gasteiger partial charge is 0.303 e. The summed E-state index contributed by atoms with van der Waals surface area (Å²) in [5.41, 5.74) is 2.31. The number of halogens is 1. The summed E-state index contributed by atoms with van der Waals surface area (Å²) in [6, 6.07) is 0. The van der Waals surface area contributed by atoms with Crippen LogP contribution in [0.4, 0.5) is 0 Å². The molecule has 0 aromatic carbocycles. The highest BCUT2D eigenvalue weighted by Crippen LogP contribution is 1.96. The monoisotopic (exact) mass is 118 g/mol. The van der Waals surface area contributed by atoms with Crippen LogP contribution in [-0.4, -0.2) is 6.29 Å². The lowest BCUT2D eigenvalue weighted by Gasteiger charge is -1.82. The van der Waals surface area contributed by atoms with E-state index in [-0.39, 0.29) is 0 Å². The fourth-order valence-corrected chi connectivity index (χ4v) is 0.265. The first-order valence-corrected chi connectivity index (χ1v) is 2.44. The Morgan fingerprint density at radius 3 is 2.57 bits per heavy atom. The predicted molar refractivity (Wildman–Crippen MR) is 30.3 cm³/mol. The fourth-order valence-electron chi connectivity index (χ4n) is 0.176. The number of hydrogen-bond acceptors (Lipinski definition) is 1. The second-order valence-electron chi connectivity index (χ2n) is 1.33. The molecule has 0 aliphatic rings. The van der Waals surface area contributed by atoms with Gasteiger partial charge in [0.1, 0.15) is 6.29 Å². The molecule has 0 N–H and O–H groups in total. The third-order valence-electron chi connectivity index (χ3n) is 0.592. The number of carbonyl (C=O) groups is 1. The molecule has 0 amide bonds. The zero-order chi connectivity index (χ0) is 5.70. The van der Waals surface area contributed by atoms with Crippen LogP contribution in [0.5, 0.6) is 0 Å². The average molecular weight is 119 g/mol. The number of aldehydes is 1. The molecule has 0 radical (unpaired) electrons. The Kier molecular flexibility index (Phi) is 3.71. The van der Waals surface area contributed by atoms with Gasteiger partial charge in [-0.25, -0.2) is 0 Å². The van der Waals surface area contributed by atoms with Gasteiger partial charge < -0.3 is 4.79 Å². The number of hydrogen-bond donors (Lipinski definition) is 0. The molecule has 0 unspecified atom stereocenters. The summed E-state index contributed by atoms with van der Waals surface area (Å²) >= 11 is 5.21. The van der Waals surface area contributed by atoms with Crippen LogP contribution in [0.15, 0.2) is 11.1 Å². The van der Waals surface area contributed by atoms with Gasteiger partial charge in [-0.1, -0.05) is 17.2 Å². The Morgan fingerprint density at radius 2 is 2.43 bits per heavy atom. The smallest absolute Gasteiger partial charge is 0.124 e. The van der Waals surface area contributed by atoms with Crippen molar-refractivity contribution < 1.29 is 4.79 Å². The van der Waals surface area contributed by atoms with Crippen LogP contribution >= 0.6 is 11.6 Å². The topological polar surface area (TPSA) is 17.1 Å². The summed E-state index contributed by atoms with van der Waals surface area (Å²) in [6.07, 6.45) is 1.28. The first-order chi connectivity index (χ1) is 3.31. The van der Waals surface area contributed by atoms with Crippen LogP contribution in [0.3, 0.4) is 0 Å². The molecule has 0 rings (SSSR count). The van der Waals surface area contributed by atoms with E-state index in [9.17, 15) is 4.79 Å². The zero-order valence-corrected chi connectivity index (χ0v) is 4.90. The first kappa shape index (κ1) is 6.70. The molecular formula is C5H7ClO. The molecule has 0 fully saturated rings. The molecule has 0 heterocycles. The Morgan fingerprint density at radius 1 is 1.86 bits per heavy atom. The predicted octanol–water partition coefficient (Wildman–Crippen LogP) is 1.72. The summed E-state index contributed by atoms with van der Waals surface area (Å²) in [7, 11) is 0. The van der Waals surface area contributed by atoms with Crippen molar-refractivity contribution in [3.05, 3.63) is 11.1 Å². The van der Waals surface area contributed by atoms with Crippen molar-refractivity contribution in [3.8, 4) is 0 Å². The van der Waals surface area contributed by atoms with E-state index >= 15 is 0 Å². The fraction of sp³-hybridized carbons (Fsp3) is 0.400. The van der Waals surface area contributed by atoms with Gasteiger partial charge in [0, 0.05) is 12.0 Å². The molecule has 1 nitrogen and oxygen atoms in total. The van der Waals surface area contributed by atoms with Crippen LogP contribution in [0.1, 0.15) is 13.3 Å². The van der Waals surface area contributed by atoms with Crippen molar-refractivity contribution in [2.24, 2.45) is 0 Å². The Bertz CT molecular complexity index is 86.1. The Labute approximate surface area is 48.0 Å². The molecule has 7 heavy (non-hydrogen) atoms. The quantitative estimate of drug-likeness (QED) is 0.505. The summed E-state index contributed by atoms with van der Waals surface area (Å²) < 4.78 is 0. The van der Waals surface area contributed by atoms with E-state index in [1.54, 1.807) is 6.92 Å². The van der Waals surface area contributed by atoms with Gasteiger partial charge in [0.05, 0.1) is 0 Å². The molecule has 0 aliphatic carbocycles. The van der Waals surface area contributed by atoms with Crippen molar-refractivity contribution >= 4 is 17.9 Å². The van der Waals surface area contributed by atoms with Gasteiger partial charge in [0.2, 0.25) is 0 Å². The van der Waals surface area contributed by atoms with Crippen LogP contribution in [-0.2, 0) is 4.79 Å². The standard InChI is InChI=1S/C5H7ClO/c1-5(4-6)2-3-7/h3-4H,2H2,1H3/b5-4+. The van der Waals surface area contributed by atoms with E-state index in [0.717, 1.165) is 11.9 Å². The molecule has 40 valence electrons. The van der Waals surface area contributed by atoms with E-state index in [1.807, 2.05) is 0 Å². The second-order valence-corrected chi connectivity index (χ2v) is 1.54. The van der Waals surface area contributed by atoms with Crippen LogP contribution in [0.2, 0.25) is 0 Å². The van der Waals surface area contributed by atoms with E-state index in [1.165, 1.54) is 5.54 Å². The van der Waals surface area contributed by atoms with E-state index in [0.29, 0.717) is 6.42 Å². The third-order valence-corrected chi connectivity index (χ3v) is 0.964. The van der Waals surface area contributed by atoms with Gasteiger partial charge in [0.25, 0.3) is 0 Å². The average Bonchev–Trinajstić information content (AvgIpc) is 1.68. The van der Waals surface area contributed by atoms with Crippen LogP contribution in [0, 0.1) is 0 Å². The summed E-state index contributed by atoms with van der Waals surface area (Å²) in [5, 5.41) is 0. The number of rotatable bonds is 2. The maximum Gasteiger partial charge on any atom is 0.124 e. The Hall–Kier alpha value is -0.300. The third kappa shape index (κ3) is 3.53. The van der Waals surface area contributed by atoms with E-state index in [4.69, 9.17) is 11.6 Å². The van der Waals surface area contributed by atoms with Gasteiger partial charge >= 0.3 is 0 Å². The molecule has 0 aromatic rings. The summed E-state index contributed by atoms with van der Waals surface area (Å²) in [6.45, 7) is 1.81. The van der Waals surface area contributed by atoms with Gasteiger partial charge in [-0.3, -0.25) is 0 Å². The minimum absolute atomic E-state index is 0.448. The molecular weight excluding hydrogens is 112 g/mol. The second kappa shape index (κ2) is 3.88. The lowest BCUT2D eigenvalue weighted by molar-refractivity contribution is -0.107. The van der Waals surface area contributed by atoms with Gasteiger partial charge in [0.15, 0.2) is 0 Å². The molecule has 2 heteroatoms. The van der Waals surface area contributed by atoms with Crippen molar-refractivity contribution in [3.63, 3.8) is 0 Å². The maximum atomic E-state index is 9.67. The summed E-state index contributed by atoms with van der Waals surface area (Å²) in [4.78, 5) is 9.67. The normalized spacial score (nSPS) is 11.4. The van der Waals surface area contributed by atoms with E-state index in [2.05, 4.69) is 0 Å². The lowest BCUT2D eigenvalue weighted by atomic mass is 10.3. The highest BCUT2D eigenvalue weighted by atomic mass is 35.5. The van der Waals surface area contributed by atoms with Crippen LogP contribution in [0.25, 0.3) is 0 Å². The van der Waals surface area contributed by atoms with Crippen molar-refractivity contribution in [2.75, 3.05) is 0 Å². The molecule has 0 aliphatic heterocycles. The highest BCUT2D eigenvalue weighted by molar-refractivity contribution is 6.25. The van der Waals surface area contributed by atoms with Crippen LogP contribution < -0.4 is 0 Å². The highest BCUT2D eigenvalue weighted by Gasteiger charge is 1.81. The Balaban J connectivity index is 3.36. The maximum absolute atomic E-state index is 9.67. The number of carbonyl (C=O) groups excluding carboxylic acids is 1. The molecule has 0 spiro atoms. The molecule has 0 saturated carbocycles. The van der Waals surface area contributed by atoms with Gasteiger partial charge in [-0.2, -0.15) is 0 Å². The molecule has 0 saturated heterocycles. The van der Waals surface area contributed by atoms with Gasteiger partial charge in [-0.05, 0) is 6.92 Å². The zero-order valence-electron chi connectivity index (χ0n) is 4.15. The minimum atomic E-state index is 0.448. The molecule has 0 aromatic heterocycles. The lowest BCUT2D eigenvalue weighted by Crippen LogP contribution is -1.73. The minimum Gasteiger partial charge on any atom is -0.303 e. The summed E-state index contributed by atoms with van der Waals surface area (Å²) in [5.74, 6) is 0. The van der Waals surface area contributed by atoms with E-state index < -0.39 is 0 Å². The van der Waals surface area contributed by atoms with Crippen molar-refractivity contribution in [1.29, 1.82) is 0 Å².